The smallest absolute Gasteiger partial charge is 0.266 e. The molecule has 4 heterocycles. The van der Waals surface area contributed by atoms with Crippen LogP contribution in [0.1, 0.15) is 96.0 Å². The van der Waals surface area contributed by atoms with Crippen molar-refractivity contribution in [2.24, 2.45) is 0 Å². The van der Waals surface area contributed by atoms with E-state index >= 15 is 8.78 Å². The molecule has 1 unspecified atom stereocenters. The second kappa shape index (κ2) is 15.2. The highest BCUT2D eigenvalue weighted by Crippen LogP contribution is 2.37. The quantitative estimate of drug-likeness (QED) is 0.115. The number of aryl methyl sites for hydroxylation is 2. The number of pyridine rings is 1. The third-order valence-corrected chi connectivity index (χ3v) is 10.7. The Labute approximate surface area is 309 Å². The van der Waals surface area contributed by atoms with Gasteiger partial charge in [-0.3, -0.25) is 24.8 Å². The third-order valence-electron chi connectivity index (χ3n) is 10.7. The van der Waals surface area contributed by atoms with E-state index in [9.17, 15) is 22.8 Å². The Balaban J connectivity index is 1.07. The molecular weight excluding hydrogens is 703 g/mol. The SMILES string of the molecule is Cc1cc(C2CCC(=O)NC2=O)cc(F)c1C1CCN(Cc2cc(-c3cc4c(N[C@H](C)c5cccc(C(F)F)c5F)nnc(C)c4cn3)ccc2F)CC1. The van der Waals surface area contributed by atoms with Crippen molar-refractivity contribution in [3.8, 4) is 11.3 Å². The standard InChI is InChI=1S/C41H39F5N6O2/c1-21-15-26(29-8-10-36(53)49-41(29)54)17-34(43)37(21)24-11-13-52(14-12-24)20-27-16-25(7-9-33(27)42)35-18-31-32(19-47-35)23(3)50-51-40(31)48-22(2)28-5-4-6-30(38(28)44)39(45)46/h4-7,9,15-19,22,24,29,39H,8,10-14,20H2,1-3H3,(H,48,51)(H,49,53,54)/t22-,29?/m1/s1. The van der Waals surface area contributed by atoms with Gasteiger partial charge in [-0.1, -0.05) is 24.3 Å². The first-order valence-electron chi connectivity index (χ1n) is 18.0. The molecule has 2 atom stereocenters. The van der Waals surface area contributed by atoms with Gasteiger partial charge in [0.2, 0.25) is 11.8 Å². The van der Waals surface area contributed by atoms with E-state index in [1.165, 1.54) is 24.3 Å². The van der Waals surface area contributed by atoms with Crippen LogP contribution in [0.2, 0.25) is 0 Å². The largest absolute Gasteiger partial charge is 0.361 e. The molecule has 0 bridgehead atoms. The number of benzene rings is 3. The zero-order chi connectivity index (χ0) is 38.3. The fourth-order valence-electron chi connectivity index (χ4n) is 7.78. The number of imide groups is 1. The molecule has 2 fully saturated rings. The summed E-state index contributed by atoms with van der Waals surface area (Å²) in [5.41, 5.74) is 3.67. The Morgan fingerprint density at radius 2 is 1.67 bits per heavy atom. The summed E-state index contributed by atoms with van der Waals surface area (Å²) in [5.74, 6) is -2.68. The molecule has 13 heteroatoms. The topological polar surface area (TPSA) is 100 Å². The van der Waals surface area contributed by atoms with Gasteiger partial charge in [0.1, 0.15) is 17.5 Å². The highest BCUT2D eigenvalue weighted by molar-refractivity contribution is 6.01. The minimum absolute atomic E-state index is 0.0307. The Kier molecular flexibility index (Phi) is 10.4. The van der Waals surface area contributed by atoms with E-state index in [0.717, 1.165) is 11.6 Å². The van der Waals surface area contributed by atoms with Gasteiger partial charge in [0.25, 0.3) is 6.43 Å². The minimum atomic E-state index is -2.95. The molecule has 2 N–H and O–H groups in total. The molecule has 0 radical (unpaired) electrons. The number of hydrogen-bond acceptors (Lipinski definition) is 7. The van der Waals surface area contributed by atoms with Crippen LogP contribution >= 0.6 is 0 Å². The van der Waals surface area contributed by atoms with Crippen LogP contribution in [0.15, 0.2) is 60.8 Å². The van der Waals surface area contributed by atoms with Crippen LogP contribution in [0, 0.1) is 31.3 Å². The molecule has 54 heavy (non-hydrogen) atoms. The number of halogens is 5. The molecule has 0 spiro atoms. The van der Waals surface area contributed by atoms with E-state index in [0.29, 0.717) is 89.1 Å². The van der Waals surface area contributed by atoms with Gasteiger partial charge < -0.3 is 5.32 Å². The molecule has 2 saturated heterocycles. The first kappa shape index (κ1) is 37.0. The molecule has 280 valence electrons. The molecular formula is C41H39F5N6O2. The number of anilines is 1. The number of carbonyl (C=O) groups is 2. The first-order valence-corrected chi connectivity index (χ1v) is 18.0. The maximum absolute atomic E-state index is 15.6. The van der Waals surface area contributed by atoms with Crippen molar-refractivity contribution in [3.05, 3.63) is 117 Å². The fourth-order valence-corrected chi connectivity index (χ4v) is 7.78. The number of nitrogens with zero attached hydrogens (tertiary/aromatic N) is 4. The van der Waals surface area contributed by atoms with Gasteiger partial charge in [0, 0.05) is 46.6 Å². The summed E-state index contributed by atoms with van der Waals surface area (Å²) in [4.78, 5) is 30.8. The van der Waals surface area contributed by atoms with E-state index in [4.69, 9.17) is 0 Å². The summed E-state index contributed by atoms with van der Waals surface area (Å²) in [7, 11) is 0. The van der Waals surface area contributed by atoms with Crippen LogP contribution < -0.4 is 10.6 Å². The highest BCUT2D eigenvalue weighted by Gasteiger charge is 2.31. The molecule has 0 saturated carbocycles. The number of piperidine rings is 2. The predicted molar refractivity (Wildman–Crippen MR) is 194 cm³/mol. The molecule has 5 aromatic rings. The zero-order valence-corrected chi connectivity index (χ0v) is 30.0. The summed E-state index contributed by atoms with van der Waals surface area (Å²) in [5, 5.41) is 15.3. The molecule has 2 aliphatic rings. The van der Waals surface area contributed by atoms with Crippen LogP contribution in [-0.4, -0.2) is 45.0 Å². The van der Waals surface area contributed by atoms with Gasteiger partial charge in [-0.05, 0) is 106 Å². The third kappa shape index (κ3) is 7.41. The molecule has 8 nitrogen and oxygen atoms in total. The van der Waals surface area contributed by atoms with Crippen LogP contribution in [0.4, 0.5) is 27.8 Å². The molecule has 2 aromatic heterocycles. The number of aromatic nitrogens is 3. The van der Waals surface area contributed by atoms with Crippen molar-refractivity contribution in [1.82, 2.24) is 25.4 Å². The predicted octanol–water partition coefficient (Wildman–Crippen LogP) is 8.74. The van der Waals surface area contributed by atoms with Gasteiger partial charge in [-0.2, -0.15) is 5.10 Å². The lowest BCUT2D eigenvalue weighted by molar-refractivity contribution is -0.134. The lowest BCUT2D eigenvalue weighted by atomic mass is 9.83. The first-order chi connectivity index (χ1) is 25.9. The van der Waals surface area contributed by atoms with Gasteiger partial charge in [0.15, 0.2) is 5.82 Å². The number of nitrogens with one attached hydrogen (secondary N) is 2. The Bertz CT molecular complexity index is 2230. The minimum Gasteiger partial charge on any atom is -0.361 e. The van der Waals surface area contributed by atoms with Crippen molar-refractivity contribution >= 4 is 28.4 Å². The Morgan fingerprint density at radius 3 is 2.39 bits per heavy atom. The summed E-state index contributed by atoms with van der Waals surface area (Å²) in [6, 6.07) is 13.1. The van der Waals surface area contributed by atoms with Crippen molar-refractivity contribution in [2.45, 2.75) is 77.3 Å². The van der Waals surface area contributed by atoms with Gasteiger partial charge in [-0.25, -0.2) is 22.0 Å². The van der Waals surface area contributed by atoms with E-state index in [1.54, 1.807) is 38.2 Å². The highest BCUT2D eigenvalue weighted by atomic mass is 19.3. The van der Waals surface area contributed by atoms with Gasteiger partial charge in [-0.15, -0.1) is 5.10 Å². The lowest BCUT2D eigenvalue weighted by Crippen LogP contribution is -2.39. The lowest BCUT2D eigenvalue weighted by Gasteiger charge is -2.33. The van der Waals surface area contributed by atoms with Gasteiger partial charge in [0.05, 0.1) is 28.9 Å². The van der Waals surface area contributed by atoms with Crippen molar-refractivity contribution in [2.75, 3.05) is 18.4 Å². The van der Waals surface area contributed by atoms with Crippen LogP contribution in [-0.2, 0) is 16.1 Å². The number of amides is 2. The number of rotatable bonds is 9. The average Bonchev–Trinajstić information content (AvgIpc) is 3.14. The number of likely N-dealkylation sites (tertiary alicyclic amines) is 1. The molecule has 2 amide bonds. The van der Waals surface area contributed by atoms with Crippen LogP contribution in [0.5, 0.6) is 0 Å². The van der Waals surface area contributed by atoms with Crippen LogP contribution in [0.3, 0.4) is 0 Å². The summed E-state index contributed by atoms with van der Waals surface area (Å²) >= 11 is 0. The van der Waals surface area contributed by atoms with Crippen LogP contribution in [0.25, 0.3) is 22.0 Å². The second-order valence-electron chi connectivity index (χ2n) is 14.3. The van der Waals surface area contributed by atoms with Crippen molar-refractivity contribution < 1.29 is 31.5 Å². The van der Waals surface area contributed by atoms with E-state index in [1.807, 2.05) is 13.0 Å². The molecule has 3 aromatic carbocycles. The van der Waals surface area contributed by atoms with E-state index < -0.39 is 35.7 Å². The maximum atomic E-state index is 15.6. The molecule has 2 aliphatic heterocycles. The van der Waals surface area contributed by atoms with E-state index in [-0.39, 0.29) is 35.4 Å². The Hall–Kier alpha value is -5.30. The summed E-state index contributed by atoms with van der Waals surface area (Å²) < 4.78 is 72.6. The second-order valence-corrected chi connectivity index (χ2v) is 14.3. The van der Waals surface area contributed by atoms with Crippen molar-refractivity contribution in [3.63, 3.8) is 0 Å². The van der Waals surface area contributed by atoms with Gasteiger partial charge >= 0.3 is 0 Å². The molecule has 7 rings (SSSR count). The Morgan fingerprint density at radius 1 is 0.907 bits per heavy atom. The van der Waals surface area contributed by atoms with E-state index in [2.05, 4.69) is 30.7 Å². The number of hydrogen-bond donors (Lipinski definition) is 2. The molecule has 0 aliphatic carbocycles. The monoisotopic (exact) mass is 742 g/mol. The number of alkyl halides is 2. The zero-order valence-electron chi connectivity index (χ0n) is 30.0. The maximum Gasteiger partial charge on any atom is 0.266 e. The average molecular weight is 743 g/mol. The normalized spacial score (nSPS) is 17.6. The fraction of sp³-hybridized carbons (Fsp3) is 0.341. The van der Waals surface area contributed by atoms with Crippen molar-refractivity contribution in [1.29, 1.82) is 0 Å². The summed E-state index contributed by atoms with van der Waals surface area (Å²) in [6.07, 6.45) is 0.620. The summed E-state index contributed by atoms with van der Waals surface area (Å²) in [6.45, 7) is 6.87. The number of carbonyl (C=O) groups excluding carboxylic acids is 2. The number of fused-ring (bicyclic) bond motifs is 1.